The van der Waals surface area contributed by atoms with E-state index < -0.39 is 23.7 Å². The molecule has 1 fully saturated rings. The number of rotatable bonds is 1. The number of hydrogen-bond acceptors (Lipinski definition) is 4. The van der Waals surface area contributed by atoms with Crippen LogP contribution in [0.3, 0.4) is 0 Å². The summed E-state index contributed by atoms with van der Waals surface area (Å²) in [6, 6.07) is -0.856. The van der Waals surface area contributed by atoms with E-state index in [4.69, 9.17) is 14.6 Å². The Morgan fingerprint density at radius 1 is 1.44 bits per heavy atom. The van der Waals surface area contributed by atoms with Crippen molar-refractivity contribution < 1.29 is 24.2 Å². The first kappa shape index (κ1) is 12.8. The maximum Gasteiger partial charge on any atom is 0.408 e. The normalized spacial score (nSPS) is 21.7. The summed E-state index contributed by atoms with van der Waals surface area (Å²) in [6.45, 7) is 5.77. The number of amides is 1. The predicted molar refractivity (Wildman–Crippen MR) is 55.2 cm³/mol. The monoisotopic (exact) mass is 231 g/mol. The first-order chi connectivity index (χ1) is 7.31. The van der Waals surface area contributed by atoms with Crippen molar-refractivity contribution in [1.82, 2.24) is 4.90 Å². The van der Waals surface area contributed by atoms with E-state index in [0.29, 0.717) is 6.61 Å². The third-order valence-electron chi connectivity index (χ3n) is 2.05. The molecule has 6 heteroatoms. The molecule has 1 amide bonds. The number of carbonyl (C=O) groups excluding carboxylic acids is 1. The fourth-order valence-electron chi connectivity index (χ4n) is 1.40. The Bertz CT molecular complexity index is 283. The second-order valence-electron chi connectivity index (χ2n) is 4.60. The Balaban J connectivity index is 2.68. The summed E-state index contributed by atoms with van der Waals surface area (Å²) >= 11 is 0. The van der Waals surface area contributed by atoms with Gasteiger partial charge in [-0.25, -0.2) is 9.59 Å². The second kappa shape index (κ2) is 4.69. The lowest BCUT2D eigenvalue weighted by Crippen LogP contribution is -2.53. The summed E-state index contributed by atoms with van der Waals surface area (Å²) in [4.78, 5) is 23.7. The number of hydrogen-bond donors (Lipinski definition) is 1. The van der Waals surface area contributed by atoms with Gasteiger partial charge in [0.05, 0.1) is 13.2 Å². The van der Waals surface area contributed by atoms with Gasteiger partial charge in [0.2, 0.25) is 0 Å². The minimum absolute atomic E-state index is 0.0568. The van der Waals surface area contributed by atoms with Crippen molar-refractivity contribution in [2.24, 2.45) is 0 Å². The lowest BCUT2D eigenvalue weighted by Gasteiger charge is -2.33. The molecule has 1 aliphatic heterocycles. The smallest absolute Gasteiger partial charge is 0.408 e. The van der Waals surface area contributed by atoms with Crippen LogP contribution in [0.25, 0.3) is 0 Å². The number of nitrogens with zero attached hydrogens (tertiary/aromatic N) is 1. The zero-order valence-electron chi connectivity index (χ0n) is 9.73. The van der Waals surface area contributed by atoms with Gasteiger partial charge in [-0.2, -0.15) is 0 Å². The van der Waals surface area contributed by atoms with Gasteiger partial charge in [0.25, 0.3) is 0 Å². The van der Waals surface area contributed by atoms with Crippen molar-refractivity contribution in [3.05, 3.63) is 0 Å². The standard InChI is InChI=1S/C10H17NO5/c1-10(2,3)16-8(12)7-6-15-5-4-11(7)9(13)14/h7H,4-6H2,1-3H3,(H,13,14)/t7-/m0/s1. The summed E-state index contributed by atoms with van der Waals surface area (Å²) in [6.07, 6.45) is -1.13. The number of carbonyl (C=O) groups is 2. The summed E-state index contributed by atoms with van der Waals surface area (Å²) in [5.41, 5.74) is -0.626. The molecule has 1 atom stereocenters. The van der Waals surface area contributed by atoms with E-state index in [1.807, 2.05) is 0 Å². The lowest BCUT2D eigenvalue weighted by molar-refractivity contribution is -0.166. The predicted octanol–water partition coefficient (Wildman–Crippen LogP) is 0.707. The zero-order valence-corrected chi connectivity index (χ0v) is 9.73. The molecule has 0 bridgehead atoms. The molecule has 0 aromatic rings. The summed E-state index contributed by atoms with van der Waals surface area (Å²) < 4.78 is 10.2. The highest BCUT2D eigenvalue weighted by molar-refractivity contribution is 5.81. The highest BCUT2D eigenvalue weighted by Gasteiger charge is 2.35. The van der Waals surface area contributed by atoms with Crippen LogP contribution in [0, 0.1) is 0 Å². The second-order valence-corrected chi connectivity index (χ2v) is 4.60. The van der Waals surface area contributed by atoms with E-state index in [1.54, 1.807) is 20.8 Å². The Hall–Kier alpha value is -1.30. The molecule has 0 radical (unpaired) electrons. The largest absolute Gasteiger partial charge is 0.465 e. The molecule has 16 heavy (non-hydrogen) atoms. The van der Waals surface area contributed by atoms with Crippen molar-refractivity contribution in [3.8, 4) is 0 Å². The third kappa shape index (κ3) is 3.37. The van der Waals surface area contributed by atoms with Crippen molar-refractivity contribution in [2.45, 2.75) is 32.4 Å². The molecule has 1 rings (SSSR count). The van der Waals surface area contributed by atoms with Crippen LogP contribution in [0.5, 0.6) is 0 Å². The van der Waals surface area contributed by atoms with Crippen LogP contribution in [0.4, 0.5) is 4.79 Å². The van der Waals surface area contributed by atoms with Crippen molar-refractivity contribution >= 4 is 12.1 Å². The van der Waals surface area contributed by atoms with Gasteiger partial charge in [0, 0.05) is 6.54 Å². The minimum Gasteiger partial charge on any atom is -0.465 e. The quantitative estimate of drug-likeness (QED) is 0.672. The van der Waals surface area contributed by atoms with Crippen LogP contribution in [0.1, 0.15) is 20.8 Å². The van der Waals surface area contributed by atoms with E-state index in [1.165, 1.54) is 0 Å². The van der Waals surface area contributed by atoms with Crippen LogP contribution in [-0.2, 0) is 14.3 Å². The van der Waals surface area contributed by atoms with Crippen molar-refractivity contribution in [3.63, 3.8) is 0 Å². The minimum atomic E-state index is -1.13. The van der Waals surface area contributed by atoms with Crippen LogP contribution < -0.4 is 0 Å². The first-order valence-corrected chi connectivity index (χ1v) is 5.11. The van der Waals surface area contributed by atoms with E-state index in [2.05, 4.69) is 0 Å². The zero-order chi connectivity index (χ0) is 12.3. The maximum atomic E-state index is 11.7. The van der Waals surface area contributed by atoms with Gasteiger partial charge < -0.3 is 14.6 Å². The molecule has 92 valence electrons. The Morgan fingerprint density at radius 2 is 2.06 bits per heavy atom. The fraction of sp³-hybridized carbons (Fsp3) is 0.800. The third-order valence-corrected chi connectivity index (χ3v) is 2.05. The van der Waals surface area contributed by atoms with Crippen molar-refractivity contribution in [1.29, 1.82) is 0 Å². The molecule has 1 N–H and O–H groups in total. The molecular weight excluding hydrogens is 214 g/mol. The molecule has 0 aliphatic carbocycles. The summed E-state index contributed by atoms with van der Waals surface area (Å²) in [5.74, 6) is -0.561. The van der Waals surface area contributed by atoms with E-state index in [0.717, 1.165) is 4.90 Å². The van der Waals surface area contributed by atoms with E-state index >= 15 is 0 Å². The Kier molecular flexibility index (Phi) is 3.74. The van der Waals surface area contributed by atoms with Crippen LogP contribution >= 0.6 is 0 Å². The average molecular weight is 231 g/mol. The number of esters is 1. The molecule has 0 unspecified atom stereocenters. The molecular formula is C10H17NO5. The van der Waals surface area contributed by atoms with E-state index in [9.17, 15) is 9.59 Å². The van der Waals surface area contributed by atoms with Gasteiger partial charge in [0.15, 0.2) is 6.04 Å². The van der Waals surface area contributed by atoms with Gasteiger partial charge in [-0.05, 0) is 20.8 Å². The van der Waals surface area contributed by atoms with Gasteiger partial charge >= 0.3 is 12.1 Å². The highest BCUT2D eigenvalue weighted by atomic mass is 16.6. The van der Waals surface area contributed by atoms with Gasteiger partial charge in [-0.3, -0.25) is 4.90 Å². The lowest BCUT2D eigenvalue weighted by atomic mass is 10.2. The highest BCUT2D eigenvalue weighted by Crippen LogP contribution is 2.14. The van der Waals surface area contributed by atoms with Crippen LogP contribution in [0.2, 0.25) is 0 Å². The molecule has 6 nitrogen and oxygen atoms in total. The molecule has 0 aromatic heterocycles. The SMILES string of the molecule is CC(C)(C)OC(=O)[C@@H]1COCCN1C(=O)O. The Labute approximate surface area is 94.1 Å². The fourth-order valence-corrected chi connectivity index (χ4v) is 1.40. The van der Waals surface area contributed by atoms with Gasteiger partial charge in [0.1, 0.15) is 5.60 Å². The molecule has 0 spiro atoms. The average Bonchev–Trinajstić information content (AvgIpc) is 2.15. The van der Waals surface area contributed by atoms with Crippen LogP contribution in [0.15, 0.2) is 0 Å². The first-order valence-electron chi connectivity index (χ1n) is 5.11. The number of morpholine rings is 1. The molecule has 0 saturated carbocycles. The molecule has 0 aromatic carbocycles. The van der Waals surface area contributed by atoms with Crippen LogP contribution in [-0.4, -0.2) is 53.5 Å². The summed E-state index contributed by atoms with van der Waals surface area (Å²) in [5, 5.41) is 8.92. The van der Waals surface area contributed by atoms with Gasteiger partial charge in [-0.15, -0.1) is 0 Å². The van der Waals surface area contributed by atoms with E-state index in [-0.39, 0.29) is 13.2 Å². The number of carboxylic acid groups (broad SMARTS) is 1. The van der Waals surface area contributed by atoms with Gasteiger partial charge in [-0.1, -0.05) is 0 Å². The Morgan fingerprint density at radius 3 is 2.56 bits per heavy atom. The number of ether oxygens (including phenoxy) is 2. The molecule has 1 aliphatic rings. The maximum absolute atomic E-state index is 11.7. The molecule has 1 saturated heterocycles. The summed E-state index contributed by atoms with van der Waals surface area (Å²) in [7, 11) is 0. The topological polar surface area (TPSA) is 76.1 Å². The molecule has 1 heterocycles. The van der Waals surface area contributed by atoms with Crippen molar-refractivity contribution in [2.75, 3.05) is 19.8 Å².